The third kappa shape index (κ3) is 7.45. The maximum absolute atomic E-state index is 12.9. The van der Waals surface area contributed by atoms with Gasteiger partial charge in [-0.1, -0.05) is 48.5 Å². The van der Waals surface area contributed by atoms with Gasteiger partial charge in [0.05, 0.1) is 25.7 Å². The van der Waals surface area contributed by atoms with Gasteiger partial charge in [0, 0.05) is 50.5 Å². The monoisotopic (exact) mass is 673 g/mol. The summed E-state index contributed by atoms with van der Waals surface area (Å²) < 4.78 is 17.8. The van der Waals surface area contributed by atoms with Crippen LogP contribution in [0.4, 0.5) is 0 Å². The molecule has 0 aromatic heterocycles. The van der Waals surface area contributed by atoms with Crippen LogP contribution in [-0.2, 0) is 27.3 Å². The minimum absolute atomic E-state index is 0.0481. The van der Waals surface area contributed by atoms with Crippen LogP contribution in [0, 0.1) is 0 Å². The number of aromatic hydroxyl groups is 1. The third-order valence-electron chi connectivity index (χ3n) is 10.2. The Labute approximate surface area is 293 Å². The number of fused-ring (bicyclic) bond motifs is 2. The predicted octanol–water partition coefficient (Wildman–Crippen LogP) is 7.16. The zero-order valence-corrected chi connectivity index (χ0v) is 28.2. The van der Waals surface area contributed by atoms with Gasteiger partial charge in [-0.2, -0.15) is 0 Å². The SMILES string of the molecule is O=C1CCC(N2Cc3cc(OCCCOCCCOc4ccc([C@@H]5c6ccc(O)cc6CC[C@@H]5c5ccccc5)cc4)ccc3C2=O)C(=O)C1. The Morgan fingerprint density at radius 3 is 2.20 bits per heavy atom. The number of benzene rings is 4. The molecule has 8 heteroatoms. The number of ether oxygens (including phenoxy) is 3. The van der Waals surface area contributed by atoms with Crippen LogP contribution in [0.25, 0.3) is 0 Å². The molecule has 1 saturated carbocycles. The highest BCUT2D eigenvalue weighted by molar-refractivity contribution is 6.07. The van der Waals surface area contributed by atoms with Crippen molar-refractivity contribution in [3.8, 4) is 17.2 Å². The Kier molecular flexibility index (Phi) is 10.3. The molecule has 4 aromatic carbocycles. The predicted molar refractivity (Wildman–Crippen MR) is 189 cm³/mol. The fourth-order valence-electron chi connectivity index (χ4n) is 7.70. The summed E-state index contributed by atoms with van der Waals surface area (Å²) in [6.45, 7) is 2.56. The van der Waals surface area contributed by atoms with Crippen LogP contribution in [-0.4, -0.2) is 59.9 Å². The Morgan fingerprint density at radius 2 is 1.44 bits per heavy atom. The first kappa shape index (κ1) is 33.5. The molecular formula is C42H43NO7. The van der Waals surface area contributed by atoms with Crippen LogP contribution in [0.3, 0.4) is 0 Å². The molecule has 0 spiro atoms. The molecule has 3 aliphatic rings. The fraction of sp³-hybridized carbons (Fsp3) is 0.357. The van der Waals surface area contributed by atoms with Gasteiger partial charge in [0.25, 0.3) is 5.91 Å². The van der Waals surface area contributed by atoms with Crippen LogP contribution in [0.1, 0.15) is 88.5 Å². The normalized spacial score (nSPS) is 20.0. The minimum Gasteiger partial charge on any atom is -0.508 e. The molecule has 1 unspecified atom stereocenters. The average molecular weight is 674 g/mol. The van der Waals surface area contributed by atoms with E-state index in [0.717, 1.165) is 37.0 Å². The molecule has 258 valence electrons. The zero-order valence-electron chi connectivity index (χ0n) is 28.2. The van der Waals surface area contributed by atoms with E-state index >= 15 is 0 Å². The van der Waals surface area contributed by atoms with Crippen molar-refractivity contribution in [1.29, 1.82) is 0 Å². The Balaban J connectivity index is 0.826. The number of Topliss-reactive ketones (excluding diaryl/α,β-unsaturated/α-hetero) is 2. The van der Waals surface area contributed by atoms with E-state index in [9.17, 15) is 19.5 Å². The molecule has 1 N–H and O–H groups in total. The lowest BCUT2D eigenvalue weighted by atomic mass is 9.69. The highest BCUT2D eigenvalue weighted by atomic mass is 16.5. The van der Waals surface area contributed by atoms with Crippen molar-refractivity contribution in [2.75, 3.05) is 26.4 Å². The molecule has 50 heavy (non-hydrogen) atoms. The van der Waals surface area contributed by atoms with Crippen molar-refractivity contribution in [2.24, 2.45) is 0 Å². The van der Waals surface area contributed by atoms with Gasteiger partial charge in [0.2, 0.25) is 0 Å². The molecule has 3 atom stereocenters. The quantitative estimate of drug-likeness (QED) is 0.119. The number of rotatable bonds is 13. The lowest BCUT2D eigenvalue weighted by Crippen LogP contribution is -2.44. The molecule has 1 aliphatic heterocycles. The van der Waals surface area contributed by atoms with Gasteiger partial charge >= 0.3 is 0 Å². The van der Waals surface area contributed by atoms with Gasteiger partial charge in [-0.25, -0.2) is 0 Å². The van der Waals surface area contributed by atoms with Gasteiger partial charge in [-0.3, -0.25) is 14.4 Å². The largest absolute Gasteiger partial charge is 0.508 e. The number of phenolic OH excluding ortho intramolecular Hbond substituents is 1. The number of hydrogen-bond acceptors (Lipinski definition) is 7. The number of hydrogen-bond donors (Lipinski definition) is 1. The van der Waals surface area contributed by atoms with Gasteiger partial charge < -0.3 is 24.2 Å². The second-order valence-corrected chi connectivity index (χ2v) is 13.5. The first-order chi connectivity index (χ1) is 24.4. The van der Waals surface area contributed by atoms with Crippen molar-refractivity contribution in [2.45, 2.75) is 69.4 Å². The molecule has 0 bridgehead atoms. The number of amides is 1. The third-order valence-corrected chi connectivity index (χ3v) is 10.2. The maximum Gasteiger partial charge on any atom is 0.255 e. The van der Waals surface area contributed by atoms with Crippen LogP contribution in [0.15, 0.2) is 91.0 Å². The molecule has 4 aromatic rings. The van der Waals surface area contributed by atoms with Crippen LogP contribution >= 0.6 is 0 Å². The number of ketones is 2. The van der Waals surface area contributed by atoms with Crippen LogP contribution in [0.5, 0.6) is 17.2 Å². The van der Waals surface area contributed by atoms with Gasteiger partial charge in [0.15, 0.2) is 5.78 Å². The average Bonchev–Trinajstić information content (AvgIpc) is 3.45. The van der Waals surface area contributed by atoms with E-state index in [0.29, 0.717) is 68.8 Å². The molecule has 1 amide bonds. The molecule has 2 aliphatic carbocycles. The Hall–Kier alpha value is -4.95. The standard InChI is InChI=1S/C42H43NO7/c44-32-11-17-37-30(24-32)10-16-36(28-6-2-1-3-7-28)41(37)29-8-13-34(14-9-29)49-22-4-20-48-21-5-23-50-35-15-18-38-31(25-35)27-43(42(38)47)39-19-12-33(45)26-40(39)46/h1-3,6-9,11,13-15,17-18,24-25,36,39,41,44H,4-5,10,12,16,19-23,26-27H2/t36-,39?,41+/m1/s1. The van der Waals surface area contributed by atoms with Crippen molar-refractivity contribution in [3.63, 3.8) is 0 Å². The highest BCUT2D eigenvalue weighted by Gasteiger charge is 2.39. The van der Waals surface area contributed by atoms with E-state index in [4.69, 9.17) is 14.2 Å². The maximum atomic E-state index is 12.9. The van der Waals surface area contributed by atoms with Gasteiger partial charge in [-0.15, -0.1) is 0 Å². The summed E-state index contributed by atoms with van der Waals surface area (Å²) in [5, 5.41) is 10.1. The summed E-state index contributed by atoms with van der Waals surface area (Å²) in [5.74, 6) is 2.04. The van der Waals surface area contributed by atoms with Gasteiger partial charge in [-0.05, 0) is 95.5 Å². The van der Waals surface area contributed by atoms with Crippen molar-refractivity contribution in [1.82, 2.24) is 4.90 Å². The number of phenols is 1. The fourth-order valence-corrected chi connectivity index (χ4v) is 7.70. The summed E-state index contributed by atoms with van der Waals surface area (Å²) in [4.78, 5) is 38.5. The van der Waals surface area contributed by atoms with Gasteiger partial charge in [0.1, 0.15) is 23.0 Å². The molecule has 7 rings (SSSR count). The number of carbonyl (C=O) groups excluding carboxylic acids is 3. The molecule has 1 heterocycles. The first-order valence-corrected chi connectivity index (χ1v) is 17.7. The first-order valence-electron chi connectivity index (χ1n) is 17.7. The molecular weight excluding hydrogens is 630 g/mol. The van der Waals surface area contributed by atoms with E-state index in [1.807, 2.05) is 24.3 Å². The second-order valence-electron chi connectivity index (χ2n) is 13.5. The molecule has 0 radical (unpaired) electrons. The van der Waals surface area contributed by atoms with Crippen LogP contribution in [0.2, 0.25) is 0 Å². The number of carbonyl (C=O) groups is 3. The topological polar surface area (TPSA) is 102 Å². The smallest absolute Gasteiger partial charge is 0.255 e. The Bertz CT molecular complexity index is 1840. The molecule has 0 saturated heterocycles. The lowest BCUT2D eigenvalue weighted by Gasteiger charge is -2.34. The second kappa shape index (κ2) is 15.3. The zero-order chi connectivity index (χ0) is 34.5. The summed E-state index contributed by atoms with van der Waals surface area (Å²) in [6, 6.07) is 29.9. The summed E-state index contributed by atoms with van der Waals surface area (Å²) >= 11 is 0. The Morgan fingerprint density at radius 1 is 0.700 bits per heavy atom. The van der Waals surface area contributed by atoms with E-state index in [-0.39, 0.29) is 29.8 Å². The van der Waals surface area contributed by atoms with E-state index in [1.165, 1.54) is 22.3 Å². The summed E-state index contributed by atoms with van der Waals surface area (Å²) in [5.41, 5.74) is 6.52. The lowest BCUT2D eigenvalue weighted by molar-refractivity contribution is -0.133. The van der Waals surface area contributed by atoms with Crippen LogP contribution < -0.4 is 9.47 Å². The van der Waals surface area contributed by atoms with Crippen molar-refractivity contribution < 1.29 is 33.7 Å². The van der Waals surface area contributed by atoms with E-state index in [1.54, 1.807) is 23.1 Å². The van der Waals surface area contributed by atoms with Crippen molar-refractivity contribution in [3.05, 3.63) is 124 Å². The van der Waals surface area contributed by atoms with E-state index in [2.05, 4.69) is 48.5 Å². The summed E-state index contributed by atoms with van der Waals surface area (Å²) in [6.07, 6.45) is 4.14. The summed E-state index contributed by atoms with van der Waals surface area (Å²) in [7, 11) is 0. The molecule has 1 fully saturated rings. The van der Waals surface area contributed by atoms with E-state index < -0.39 is 6.04 Å². The van der Waals surface area contributed by atoms with Crippen molar-refractivity contribution >= 4 is 17.5 Å². The number of aryl methyl sites for hydroxylation is 1. The number of nitrogens with zero attached hydrogens (tertiary/aromatic N) is 1. The highest BCUT2D eigenvalue weighted by Crippen LogP contribution is 2.47. The molecule has 8 nitrogen and oxygen atoms in total. The minimum atomic E-state index is -0.518.